The Morgan fingerprint density at radius 2 is 1.93 bits per heavy atom. The summed E-state index contributed by atoms with van der Waals surface area (Å²) >= 11 is 1.56. The average molecular weight is 418 g/mol. The maximum Gasteiger partial charge on any atom is 0.230 e. The highest BCUT2D eigenvalue weighted by molar-refractivity contribution is 7.13. The fourth-order valence-corrected chi connectivity index (χ4v) is 4.05. The lowest BCUT2D eigenvalue weighted by Crippen LogP contribution is -2.14. The highest BCUT2D eigenvalue weighted by atomic mass is 32.1. The summed E-state index contributed by atoms with van der Waals surface area (Å²) in [5.74, 6) is 0.689. The minimum absolute atomic E-state index is 0.0951. The molecule has 2 aromatic carbocycles. The molecule has 30 heavy (non-hydrogen) atoms. The number of thiazole rings is 1. The average Bonchev–Trinajstić information content (AvgIpc) is 3.43. The third-order valence-electron chi connectivity index (χ3n) is 4.86. The Hall–Kier alpha value is -3.32. The standard InChI is InChI=1S/C23H23N5OS/c1-3-16-8-10-17(11-9-16)23-26-20(14-30-23)13-21(29)25-19-7-5-6-18(12-19)22-27-24-15-28(22)4-2/h5-12,14-15H,3-4,13H2,1-2H3,(H,25,29). The Kier molecular flexibility index (Phi) is 5.99. The maximum absolute atomic E-state index is 12.6. The zero-order valence-corrected chi connectivity index (χ0v) is 17.8. The van der Waals surface area contributed by atoms with Crippen molar-refractivity contribution in [1.82, 2.24) is 19.7 Å². The van der Waals surface area contributed by atoms with E-state index in [1.807, 2.05) is 41.1 Å². The zero-order valence-electron chi connectivity index (χ0n) is 17.0. The second kappa shape index (κ2) is 9.00. The number of aryl methyl sites for hydroxylation is 2. The lowest BCUT2D eigenvalue weighted by Gasteiger charge is -2.07. The zero-order chi connectivity index (χ0) is 20.9. The van der Waals surface area contributed by atoms with Crippen molar-refractivity contribution < 1.29 is 4.79 Å². The van der Waals surface area contributed by atoms with Crippen LogP contribution in [0.25, 0.3) is 22.0 Å². The SMILES string of the molecule is CCc1ccc(-c2nc(CC(=O)Nc3cccc(-c4nncn4CC)c3)cs2)cc1. The van der Waals surface area contributed by atoms with E-state index in [1.165, 1.54) is 5.56 Å². The summed E-state index contributed by atoms with van der Waals surface area (Å²) in [5.41, 5.74) is 4.80. The van der Waals surface area contributed by atoms with Crippen LogP contribution in [0.5, 0.6) is 0 Å². The molecule has 1 amide bonds. The van der Waals surface area contributed by atoms with Crippen molar-refractivity contribution in [2.45, 2.75) is 33.2 Å². The highest BCUT2D eigenvalue weighted by Crippen LogP contribution is 2.25. The van der Waals surface area contributed by atoms with Crippen LogP contribution in [0.1, 0.15) is 25.1 Å². The van der Waals surface area contributed by atoms with Crippen LogP contribution in [-0.2, 0) is 24.2 Å². The van der Waals surface area contributed by atoms with Gasteiger partial charge in [0.25, 0.3) is 0 Å². The number of benzene rings is 2. The molecule has 0 aliphatic carbocycles. The lowest BCUT2D eigenvalue weighted by atomic mass is 10.1. The van der Waals surface area contributed by atoms with E-state index in [9.17, 15) is 4.79 Å². The quantitative estimate of drug-likeness (QED) is 0.467. The molecular weight excluding hydrogens is 394 g/mol. The minimum Gasteiger partial charge on any atom is -0.326 e. The van der Waals surface area contributed by atoms with Gasteiger partial charge in [-0.15, -0.1) is 21.5 Å². The van der Waals surface area contributed by atoms with Gasteiger partial charge in [0, 0.05) is 28.7 Å². The molecule has 2 heterocycles. The van der Waals surface area contributed by atoms with E-state index >= 15 is 0 Å². The number of nitrogens with zero attached hydrogens (tertiary/aromatic N) is 4. The number of carbonyl (C=O) groups is 1. The molecule has 0 fully saturated rings. The van der Waals surface area contributed by atoms with Crippen LogP contribution < -0.4 is 5.32 Å². The summed E-state index contributed by atoms with van der Waals surface area (Å²) in [5, 5.41) is 14.0. The largest absolute Gasteiger partial charge is 0.326 e. The Labute approximate surface area is 179 Å². The molecule has 0 saturated heterocycles. The summed E-state index contributed by atoms with van der Waals surface area (Å²) in [7, 11) is 0. The van der Waals surface area contributed by atoms with Crippen molar-refractivity contribution in [2.24, 2.45) is 0 Å². The van der Waals surface area contributed by atoms with Gasteiger partial charge in [-0.3, -0.25) is 4.79 Å². The molecule has 0 saturated carbocycles. The Bertz CT molecular complexity index is 1150. The number of hydrogen-bond acceptors (Lipinski definition) is 5. The van der Waals surface area contributed by atoms with E-state index in [4.69, 9.17) is 0 Å². The van der Waals surface area contributed by atoms with E-state index in [1.54, 1.807) is 17.7 Å². The van der Waals surface area contributed by atoms with Gasteiger partial charge in [0.2, 0.25) is 5.91 Å². The molecule has 6 nitrogen and oxygen atoms in total. The van der Waals surface area contributed by atoms with E-state index < -0.39 is 0 Å². The van der Waals surface area contributed by atoms with Crippen LogP contribution in [0.4, 0.5) is 5.69 Å². The molecule has 0 aliphatic heterocycles. The molecular formula is C23H23N5OS. The smallest absolute Gasteiger partial charge is 0.230 e. The molecule has 2 aromatic heterocycles. The minimum atomic E-state index is -0.0951. The van der Waals surface area contributed by atoms with Gasteiger partial charge in [-0.1, -0.05) is 43.3 Å². The topological polar surface area (TPSA) is 72.7 Å². The van der Waals surface area contributed by atoms with Crippen LogP contribution in [0.15, 0.2) is 60.2 Å². The first-order valence-electron chi connectivity index (χ1n) is 9.98. The van der Waals surface area contributed by atoms with Crippen molar-refractivity contribution in [2.75, 3.05) is 5.32 Å². The second-order valence-electron chi connectivity index (χ2n) is 6.94. The number of aromatic nitrogens is 4. The normalized spacial score (nSPS) is 10.9. The van der Waals surface area contributed by atoms with Gasteiger partial charge < -0.3 is 9.88 Å². The molecule has 4 rings (SSSR count). The summed E-state index contributed by atoms with van der Waals surface area (Å²) in [6.07, 6.45) is 2.96. The van der Waals surface area contributed by atoms with Gasteiger partial charge in [-0.25, -0.2) is 4.98 Å². The van der Waals surface area contributed by atoms with E-state index in [0.29, 0.717) is 0 Å². The Morgan fingerprint density at radius 3 is 2.70 bits per heavy atom. The summed E-state index contributed by atoms with van der Waals surface area (Å²) in [6.45, 7) is 4.96. The van der Waals surface area contributed by atoms with Gasteiger partial charge >= 0.3 is 0 Å². The number of carbonyl (C=O) groups excluding carboxylic acids is 1. The third kappa shape index (κ3) is 4.46. The van der Waals surface area contributed by atoms with Crippen LogP contribution in [0, 0.1) is 0 Å². The van der Waals surface area contributed by atoms with Crippen molar-refractivity contribution in [3.63, 3.8) is 0 Å². The first-order valence-corrected chi connectivity index (χ1v) is 10.9. The van der Waals surface area contributed by atoms with Crippen molar-refractivity contribution in [3.8, 4) is 22.0 Å². The Balaban J connectivity index is 1.43. The Morgan fingerprint density at radius 1 is 1.10 bits per heavy atom. The van der Waals surface area contributed by atoms with Gasteiger partial charge in [0.15, 0.2) is 5.82 Å². The monoisotopic (exact) mass is 417 g/mol. The highest BCUT2D eigenvalue weighted by Gasteiger charge is 2.11. The first kappa shape index (κ1) is 20.0. The number of hydrogen-bond donors (Lipinski definition) is 1. The summed E-state index contributed by atoms with van der Waals surface area (Å²) in [4.78, 5) is 17.2. The van der Waals surface area contributed by atoms with Crippen LogP contribution in [-0.4, -0.2) is 25.7 Å². The lowest BCUT2D eigenvalue weighted by molar-refractivity contribution is -0.115. The van der Waals surface area contributed by atoms with E-state index in [-0.39, 0.29) is 12.3 Å². The molecule has 0 spiro atoms. The van der Waals surface area contributed by atoms with E-state index in [0.717, 1.165) is 46.3 Å². The van der Waals surface area contributed by atoms with Crippen LogP contribution in [0.3, 0.4) is 0 Å². The molecule has 0 unspecified atom stereocenters. The fraction of sp³-hybridized carbons (Fsp3) is 0.217. The molecule has 7 heteroatoms. The summed E-state index contributed by atoms with van der Waals surface area (Å²) in [6, 6.07) is 16.1. The molecule has 0 radical (unpaired) electrons. The predicted molar refractivity (Wildman–Crippen MR) is 120 cm³/mol. The van der Waals surface area contributed by atoms with Gasteiger partial charge in [0.05, 0.1) is 12.1 Å². The maximum atomic E-state index is 12.6. The number of anilines is 1. The fourth-order valence-electron chi connectivity index (χ4n) is 3.22. The molecule has 4 aromatic rings. The molecule has 0 atom stereocenters. The third-order valence-corrected chi connectivity index (χ3v) is 5.80. The number of nitrogens with one attached hydrogen (secondary N) is 1. The summed E-state index contributed by atoms with van der Waals surface area (Å²) < 4.78 is 1.96. The first-order chi connectivity index (χ1) is 14.7. The second-order valence-corrected chi connectivity index (χ2v) is 7.80. The number of amides is 1. The van der Waals surface area contributed by atoms with Crippen LogP contribution >= 0.6 is 11.3 Å². The van der Waals surface area contributed by atoms with Crippen molar-refractivity contribution in [3.05, 3.63) is 71.5 Å². The molecule has 1 N–H and O–H groups in total. The molecule has 0 aliphatic rings. The molecule has 0 bridgehead atoms. The van der Waals surface area contributed by atoms with Crippen molar-refractivity contribution >= 4 is 22.9 Å². The van der Waals surface area contributed by atoms with Crippen LogP contribution in [0.2, 0.25) is 0 Å². The van der Waals surface area contributed by atoms with Gasteiger partial charge in [-0.05, 0) is 31.0 Å². The van der Waals surface area contributed by atoms with Gasteiger partial charge in [0.1, 0.15) is 11.3 Å². The number of rotatable bonds is 7. The predicted octanol–water partition coefficient (Wildman–Crippen LogP) is 4.83. The molecule has 152 valence electrons. The van der Waals surface area contributed by atoms with Gasteiger partial charge in [-0.2, -0.15) is 0 Å². The van der Waals surface area contributed by atoms with Crippen molar-refractivity contribution in [1.29, 1.82) is 0 Å². The van der Waals surface area contributed by atoms with E-state index in [2.05, 4.69) is 51.7 Å².